The van der Waals surface area contributed by atoms with E-state index in [1.807, 2.05) is 20.8 Å². The first kappa shape index (κ1) is 17.1. The van der Waals surface area contributed by atoms with E-state index in [1.165, 1.54) is 11.3 Å². The number of carbonyl (C=O) groups is 1. The van der Waals surface area contributed by atoms with Crippen molar-refractivity contribution >= 4 is 11.8 Å². The van der Waals surface area contributed by atoms with Crippen molar-refractivity contribution in [3.8, 4) is 0 Å². The number of anilines is 1. The fourth-order valence-corrected chi connectivity index (χ4v) is 3.37. The molecule has 132 valence electrons. The van der Waals surface area contributed by atoms with Crippen LogP contribution in [0.25, 0.3) is 0 Å². The molecule has 0 spiro atoms. The number of benzene rings is 1. The van der Waals surface area contributed by atoms with Crippen molar-refractivity contribution in [1.29, 1.82) is 0 Å². The Balaban J connectivity index is 1.52. The van der Waals surface area contributed by atoms with Crippen molar-refractivity contribution < 1.29 is 9.53 Å². The van der Waals surface area contributed by atoms with E-state index in [4.69, 9.17) is 10.5 Å². The van der Waals surface area contributed by atoms with Crippen LogP contribution in [0.5, 0.6) is 0 Å². The van der Waals surface area contributed by atoms with Crippen molar-refractivity contribution in [1.82, 2.24) is 4.90 Å². The SMILES string of the molecule is CC(C)(C)OC(=O)N1CCN(c2ccc(C3CC(N)C3)cc2)CC1. The second kappa shape index (κ2) is 6.63. The third-order valence-electron chi connectivity index (χ3n) is 4.84. The van der Waals surface area contributed by atoms with E-state index in [-0.39, 0.29) is 6.09 Å². The Labute approximate surface area is 144 Å². The van der Waals surface area contributed by atoms with Gasteiger partial charge >= 0.3 is 6.09 Å². The average molecular weight is 331 g/mol. The highest BCUT2D eigenvalue weighted by Crippen LogP contribution is 2.36. The number of carbonyl (C=O) groups excluding carboxylic acids is 1. The minimum Gasteiger partial charge on any atom is -0.444 e. The molecular weight excluding hydrogens is 302 g/mol. The van der Waals surface area contributed by atoms with Gasteiger partial charge in [-0.05, 0) is 57.2 Å². The summed E-state index contributed by atoms with van der Waals surface area (Å²) in [5.41, 5.74) is 8.07. The van der Waals surface area contributed by atoms with Gasteiger partial charge in [0, 0.05) is 37.9 Å². The molecule has 2 aliphatic rings. The first-order valence-corrected chi connectivity index (χ1v) is 8.90. The lowest BCUT2D eigenvalue weighted by Gasteiger charge is -2.37. The lowest BCUT2D eigenvalue weighted by atomic mass is 9.76. The summed E-state index contributed by atoms with van der Waals surface area (Å²) in [4.78, 5) is 16.2. The van der Waals surface area contributed by atoms with E-state index in [2.05, 4.69) is 29.2 Å². The number of nitrogens with zero attached hydrogens (tertiary/aromatic N) is 2. The highest BCUT2D eigenvalue weighted by molar-refractivity contribution is 5.68. The Morgan fingerprint density at radius 3 is 2.17 bits per heavy atom. The third kappa shape index (κ3) is 4.01. The molecule has 0 bridgehead atoms. The van der Waals surface area contributed by atoms with Crippen molar-refractivity contribution in [3.05, 3.63) is 29.8 Å². The van der Waals surface area contributed by atoms with Gasteiger partial charge in [-0.15, -0.1) is 0 Å². The summed E-state index contributed by atoms with van der Waals surface area (Å²) < 4.78 is 5.45. The summed E-state index contributed by atoms with van der Waals surface area (Å²) in [6.45, 7) is 8.79. The molecule has 1 aliphatic carbocycles. The highest BCUT2D eigenvalue weighted by atomic mass is 16.6. The maximum absolute atomic E-state index is 12.1. The molecule has 24 heavy (non-hydrogen) atoms. The third-order valence-corrected chi connectivity index (χ3v) is 4.84. The lowest BCUT2D eigenvalue weighted by molar-refractivity contribution is 0.0240. The van der Waals surface area contributed by atoms with Gasteiger partial charge in [-0.25, -0.2) is 4.79 Å². The molecular formula is C19H29N3O2. The van der Waals surface area contributed by atoms with Gasteiger partial charge < -0.3 is 20.3 Å². The van der Waals surface area contributed by atoms with E-state index in [0.717, 1.165) is 25.9 Å². The van der Waals surface area contributed by atoms with E-state index in [0.29, 0.717) is 25.0 Å². The van der Waals surface area contributed by atoms with Gasteiger partial charge in [-0.3, -0.25) is 0 Å². The molecule has 2 fully saturated rings. The van der Waals surface area contributed by atoms with Crippen LogP contribution in [-0.2, 0) is 4.74 Å². The van der Waals surface area contributed by atoms with Crippen molar-refractivity contribution in [3.63, 3.8) is 0 Å². The maximum Gasteiger partial charge on any atom is 0.410 e. The molecule has 0 aromatic heterocycles. The van der Waals surface area contributed by atoms with Gasteiger partial charge in [0.1, 0.15) is 5.60 Å². The summed E-state index contributed by atoms with van der Waals surface area (Å²) in [6, 6.07) is 9.23. The maximum atomic E-state index is 12.1. The molecule has 0 atom stereocenters. The van der Waals surface area contributed by atoms with Crippen LogP contribution in [0.4, 0.5) is 10.5 Å². The number of hydrogen-bond donors (Lipinski definition) is 1. The van der Waals surface area contributed by atoms with Crippen molar-refractivity contribution in [2.24, 2.45) is 5.73 Å². The summed E-state index contributed by atoms with van der Waals surface area (Å²) >= 11 is 0. The number of rotatable bonds is 2. The minimum absolute atomic E-state index is 0.209. The summed E-state index contributed by atoms with van der Waals surface area (Å²) in [5, 5.41) is 0. The predicted molar refractivity (Wildman–Crippen MR) is 96.4 cm³/mol. The molecule has 1 saturated carbocycles. The van der Waals surface area contributed by atoms with Gasteiger partial charge in [0.05, 0.1) is 0 Å². The molecule has 1 heterocycles. The van der Waals surface area contributed by atoms with Crippen LogP contribution in [0, 0.1) is 0 Å². The Kier molecular flexibility index (Phi) is 4.72. The first-order chi connectivity index (χ1) is 11.3. The number of hydrogen-bond acceptors (Lipinski definition) is 4. The zero-order valence-corrected chi connectivity index (χ0v) is 15.0. The van der Waals surface area contributed by atoms with Gasteiger partial charge in [0.25, 0.3) is 0 Å². The molecule has 1 amide bonds. The lowest BCUT2D eigenvalue weighted by Crippen LogP contribution is -2.50. The Morgan fingerprint density at radius 2 is 1.67 bits per heavy atom. The largest absolute Gasteiger partial charge is 0.444 e. The molecule has 5 nitrogen and oxygen atoms in total. The number of amides is 1. The zero-order valence-electron chi connectivity index (χ0n) is 15.0. The molecule has 1 aromatic rings. The van der Waals surface area contributed by atoms with Crippen LogP contribution in [0.3, 0.4) is 0 Å². The fraction of sp³-hybridized carbons (Fsp3) is 0.632. The van der Waals surface area contributed by atoms with E-state index in [1.54, 1.807) is 4.90 Å². The van der Waals surface area contributed by atoms with Gasteiger partial charge in [-0.1, -0.05) is 12.1 Å². The molecule has 0 radical (unpaired) electrons. The normalized spacial score (nSPS) is 24.5. The second-order valence-electron chi connectivity index (χ2n) is 7.97. The van der Waals surface area contributed by atoms with Gasteiger partial charge in [0.15, 0.2) is 0 Å². The first-order valence-electron chi connectivity index (χ1n) is 8.90. The fourth-order valence-electron chi connectivity index (χ4n) is 3.37. The zero-order chi connectivity index (χ0) is 17.3. The molecule has 1 saturated heterocycles. The van der Waals surface area contributed by atoms with Gasteiger partial charge in [0.2, 0.25) is 0 Å². The molecule has 1 aliphatic heterocycles. The van der Waals surface area contributed by atoms with Crippen LogP contribution in [0.2, 0.25) is 0 Å². The molecule has 2 N–H and O–H groups in total. The molecule has 1 aromatic carbocycles. The monoisotopic (exact) mass is 331 g/mol. The molecule has 0 unspecified atom stereocenters. The smallest absolute Gasteiger partial charge is 0.410 e. The van der Waals surface area contributed by atoms with Crippen LogP contribution >= 0.6 is 0 Å². The second-order valence-corrected chi connectivity index (χ2v) is 7.97. The van der Waals surface area contributed by atoms with E-state index < -0.39 is 5.60 Å². The molecule has 3 rings (SSSR count). The highest BCUT2D eigenvalue weighted by Gasteiger charge is 2.28. The van der Waals surface area contributed by atoms with Crippen molar-refractivity contribution in [2.75, 3.05) is 31.1 Å². The summed E-state index contributed by atoms with van der Waals surface area (Å²) in [5.74, 6) is 0.637. The quantitative estimate of drug-likeness (QED) is 0.905. The number of ether oxygens (including phenoxy) is 1. The predicted octanol–water partition coefficient (Wildman–Crippen LogP) is 2.95. The summed E-state index contributed by atoms with van der Waals surface area (Å²) in [6.07, 6.45) is 2.00. The van der Waals surface area contributed by atoms with Crippen LogP contribution < -0.4 is 10.6 Å². The topological polar surface area (TPSA) is 58.8 Å². The van der Waals surface area contributed by atoms with Crippen molar-refractivity contribution in [2.45, 2.75) is 51.2 Å². The van der Waals surface area contributed by atoms with Gasteiger partial charge in [-0.2, -0.15) is 0 Å². The standard InChI is InChI=1S/C19H29N3O2/c1-19(2,3)24-18(23)22-10-8-21(9-11-22)17-6-4-14(5-7-17)15-12-16(20)13-15/h4-7,15-16H,8-13,20H2,1-3H3. The minimum atomic E-state index is -0.436. The number of piperazine rings is 1. The Bertz CT molecular complexity index is 565. The van der Waals surface area contributed by atoms with Crippen LogP contribution in [0.1, 0.15) is 45.1 Å². The summed E-state index contributed by atoms with van der Waals surface area (Å²) in [7, 11) is 0. The Morgan fingerprint density at radius 1 is 1.08 bits per heavy atom. The van der Waals surface area contributed by atoms with Crippen LogP contribution in [0.15, 0.2) is 24.3 Å². The van der Waals surface area contributed by atoms with Crippen LogP contribution in [-0.4, -0.2) is 48.8 Å². The van der Waals surface area contributed by atoms with E-state index >= 15 is 0 Å². The number of nitrogens with two attached hydrogens (primary N) is 1. The molecule has 5 heteroatoms. The Hall–Kier alpha value is -1.75. The average Bonchev–Trinajstić information content (AvgIpc) is 2.51. The van der Waals surface area contributed by atoms with E-state index in [9.17, 15) is 4.79 Å².